The molecule has 2 atom stereocenters. The zero-order valence-corrected chi connectivity index (χ0v) is 19.7. The fraction of sp³-hybridized carbons (Fsp3) is 0.346. The number of aromatic nitrogens is 2. The van der Waals surface area contributed by atoms with Gasteiger partial charge in [0, 0.05) is 13.6 Å². The van der Waals surface area contributed by atoms with Crippen LogP contribution in [0.15, 0.2) is 42.5 Å². The molecule has 0 saturated carbocycles. The van der Waals surface area contributed by atoms with Crippen molar-refractivity contribution in [1.29, 1.82) is 0 Å². The molecule has 7 nitrogen and oxygen atoms in total. The van der Waals surface area contributed by atoms with Gasteiger partial charge in [-0.2, -0.15) is 4.98 Å². The third-order valence-electron chi connectivity index (χ3n) is 6.49. The Labute approximate surface area is 198 Å². The van der Waals surface area contributed by atoms with E-state index in [1.165, 1.54) is 12.1 Å². The second-order valence-electron chi connectivity index (χ2n) is 9.25. The predicted octanol–water partition coefficient (Wildman–Crippen LogP) is 4.57. The van der Waals surface area contributed by atoms with Crippen LogP contribution in [0.5, 0.6) is 0 Å². The number of amides is 1. The van der Waals surface area contributed by atoms with E-state index in [0.29, 0.717) is 24.8 Å². The second kappa shape index (κ2) is 8.68. The summed E-state index contributed by atoms with van der Waals surface area (Å²) in [6.45, 7) is 6.99. The smallest absolute Gasteiger partial charge is 0.247 e. The van der Waals surface area contributed by atoms with Crippen LogP contribution in [0.2, 0.25) is 0 Å². The molecule has 3 heterocycles. The molecule has 2 aliphatic heterocycles. The summed E-state index contributed by atoms with van der Waals surface area (Å²) >= 11 is 0. The highest BCUT2D eigenvalue weighted by atomic mass is 19.1. The standard InChI is InChI=1S/C26H28FN5O2/c1-14(2)22-25(33)30-21-15(3)29-26(31-24(21)32(22)4)28-12-16-5-10-20-18(11-16)13-34-23(20)17-6-8-19(27)9-7-17/h5-11,14,22-23H,12-13H2,1-4H3,(H,30,33)(H,28,29,31)/t22?,23-/m0/s1. The molecule has 1 aromatic heterocycles. The highest BCUT2D eigenvalue weighted by molar-refractivity contribution is 6.03. The summed E-state index contributed by atoms with van der Waals surface area (Å²) in [5.41, 5.74) is 5.64. The molecule has 3 aromatic rings. The SMILES string of the molecule is Cc1nc(NCc2ccc3c(c2)CO[C@H]3c2ccc(F)cc2)nc2c1NC(=O)C(C(C)C)N2C. The lowest BCUT2D eigenvalue weighted by atomic mass is 9.97. The summed E-state index contributed by atoms with van der Waals surface area (Å²) in [4.78, 5) is 23.7. The van der Waals surface area contributed by atoms with Crippen molar-refractivity contribution in [2.24, 2.45) is 5.92 Å². The predicted molar refractivity (Wildman–Crippen MR) is 129 cm³/mol. The van der Waals surface area contributed by atoms with Crippen LogP contribution in [0.25, 0.3) is 0 Å². The minimum absolute atomic E-state index is 0.0308. The number of carbonyl (C=O) groups is 1. The van der Waals surface area contributed by atoms with E-state index in [-0.39, 0.29) is 29.8 Å². The molecule has 1 amide bonds. The van der Waals surface area contributed by atoms with Crippen LogP contribution in [-0.2, 0) is 22.7 Å². The second-order valence-corrected chi connectivity index (χ2v) is 9.25. The van der Waals surface area contributed by atoms with Gasteiger partial charge in [-0.25, -0.2) is 9.37 Å². The number of rotatable bonds is 5. The van der Waals surface area contributed by atoms with Gasteiger partial charge in [-0.1, -0.05) is 44.2 Å². The summed E-state index contributed by atoms with van der Waals surface area (Å²) in [6.07, 6.45) is -0.177. The van der Waals surface area contributed by atoms with Gasteiger partial charge in [-0.05, 0) is 47.2 Å². The van der Waals surface area contributed by atoms with Gasteiger partial charge in [0.05, 0.1) is 12.3 Å². The molecule has 2 N–H and O–H groups in total. The van der Waals surface area contributed by atoms with Crippen LogP contribution in [-0.4, -0.2) is 29.0 Å². The first-order chi connectivity index (χ1) is 16.3. The molecular weight excluding hydrogens is 433 g/mol. The number of carbonyl (C=O) groups excluding carboxylic acids is 1. The van der Waals surface area contributed by atoms with Gasteiger partial charge in [0.1, 0.15) is 23.7 Å². The van der Waals surface area contributed by atoms with Gasteiger partial charge >= 0.3 is 0 Å². The van der Waals surface area contributed by atoms with Crippen molar-refractivity contribution >= 4 is 23.4 Å². The van der Waals surface area contributed by atoms with E-state index in [4.69, 9.17) is 9.72 Å². The van der Waals surface area contributed by atoms with Crippen molar-refractivity contribution in [2.45, 2.75) is 46.1 Å². The van der Waals surface area contributed by atoms with E-state index >= 15 is 0 Å². The summed E-state index contributed by atoms with van der Waals surface area (Å²) in [5.74, 6) is 1.10. The number of nitrogens with one attached hydrogen (secondary N) is 2. The summed E-state index contributed by atoms with van der Waals surface area (Å²) in [6, 6.07) is 12.4. The molecule has 5 rings (SSSR count). The number of hydrogen-bond donors (Lipinski definition) is 2. The molecule has 0 fully saturated rings. The Kier molecular flexibility index (Phi) is 5.69. The van der Waals surface area contributed by atoms with Gasteiger partial charge in [0.25, 0.3) is 0 Å². The van der Waals surface area contributed by atoms with Crippen LogP contribution in [0.4, 0.5) is 21.8 Å². The van der Waals surface area contributed by atoms with E-state index < -0.39 is 0 Å². The summed E-state index contributed by atoms with van der Waals surface area (Å²) in [7, 11) is 1.90. The minimum Gasteiger partial charge on any atom is -0.364 e. The summed E-state index contributed by atoms with van der Waals surface area (Å²) < 4.78 is 19.3. The van der Waals surface area contributed by atoms with Crippen LogP contribution < -0.4 is 15.5 Å². The molecule has 0 saturated heterocycles. The van der Waals surface area contributed by atoms with Gasteiger partial charge in [0.2, 0.25) is 11.9 Å². The molecule has 0 radical (unpaired) electrons. The Hall–Kier alpha value is -3.52. The lowest BCUT2D eigenvalue weighted by Crippen LogP contribution is -2.49. The molecule has 0 aliphatic carbocycles. The number of fused-ring (bicyclic) bond motifs is 2. The Morgan fingerprint density at radius 2 is 1.97 bits per heavy atom. The molecule has 1 unspecified atom stereocenters. The monoisotopic (exact) mass is 461 g/mol. The number of benzene rings is 2. The van der Waals surface area contributed by atoms with Crippen LogP contribution in [0.1, 0.15) is 47.9 Å². The average Bonchev–Trinajstić information content (AvgIpc) is 3.22. The lowest BCUT2D eigenvalue weighted by molar-refractivity contribution is -0.118. The number of nitrogens with zero attached hydrogens (tertiary/aromatic N) is 3. The van der Waals surface area contributed by atoms with E-state index in [9.17, 15) is 9.18 Å². The Morgan fingerprint density at radius 3 is 2.71 bits per heavy atom. The molecule has 0 spiro atoms. The van der Waals surface area contributed by atoms with Crippen molar-refractivity contribution in [2.75, 3.05) is 22.6 Å². The van der Waals surface area contributed by atoms with Crippen LogP contribution >= 0.6 is 0 Å². The Balaban J connectivity index is 1.33. The first-order valence-corrected chi connectivity index (χ1v) is 11.5. The van der Waals surface area contributed by atoms with E-state index in [2.05, 4.69) is 33.8 Å². The van der Waals surface area contributed by atoms with E-state index in [0.717, 1.165) is 33.8 Å². The maximum absolute atomic E-state index is 13.3. The molecule has 2 aliphatic rings. The average molecular weight is 462 g/mol. The molecule has 0 bridgehead atoms. The maximum Gasteiger partial charge on any atom is 0.247 e. The fourth-order valence-corrected chi connectivity index (χ4v) is 4.80. The third-order valence-corrected chi connectivity index (χ3v) is 6.49. The number of hydrogen-bond acceptors (Lipinski definition) is 6. The highest BCUT2D eigenvalue weighted by Gasteiger charge is 2.35. The normalized spacial score (nSPS) is 19.1. The van der Waals surface area contributed by atoms with Gasteiger partial charge in [0.15, 0.2) is 5.82 Å². The zero-order valence-electron chi connectivity index (χ0n) is 19.7. The quantitative estimate of drug-likeness (QED) is 0.580. The number of aryl methyl sites for hydroxylation is 1. The van der Waals surface area contributed by atoms with Gasteiger partial charge < -0.3 is 20.3 Å². The van der Waals surface area contributed by atoms with Crippen LogP contribution in [0.3, 0.4) is 0 Å². The lowest BCUT2D eigenvalue weighted by Gasteiger charge is -2.36. The largest absolute Gasteiger partial charge is 0.364 e. The minimum atomic E-state index is -0.277. The highest BCUT2D eigenvalue weighted by Crippen LogP contribution is 2.37. The maximum atomic E-state index is 13.3. The molecule has 8 heteroatoms. The summed E-state index contributed by atoms with van der Waals surface area (Å²) in [5, 5.41) is 6.30. The topological polar surface area (TPSA) is 79.4 Å². The third kappa shape index (κ3) is 3.98. The van der Waals surface area contributed by atoms with Gasteiger partial charge in [-0.15, -0.1) is 0 Å². The fourth-order valence-electron chi connectivity index (χ4n) is 4.80. The van der Waals surface area contributed by atoms with Crippen molar-refractivity contribution in [3.63, 3.8) is 0 Å². The van der Waals surface area contributed by atoms with Crippen LogP contribution in [0, 0.1) is 18.7 Å². The number of likely N-dealkylation sites (N-methyl/N-ethyl adjacent to an activating group) is 1. The first-order valence-electron chi connectivity index (χ1n) is 11.5. The first kappa shape index (κ1) is 22.3. The van der Waals surface area contributed by atoms with Crippen molar-refractivity contribution in [1.82, 2.24) is 9.97 Å². The number of anilines is 3. The van der Waals surface area contributed by atoms with Crippen molar-refractivity contribution in [3.05, 3.63) is 76.2 Å². The van der Waals surface area contributed by atoms with Crippen molar-refractivity contribution < 1.29 is 13.9 Å². The molecule has 2 aromatic carbocycles. The van der Waals surface area contributed by atoms with E-state index in [1.54, 1.807) is 12.1 Å². The molecule has 34 heavy (non-hydrogen) atoms. The van der Waals surface area contributed by atoms with Gasteiger partial charge in [-0.3, -0.25) is 4.79 Å². The Morgan fingerprint density at radius 1 is 1.21 bits per heavy atom. The van der Waals surface area contributed by atoms with Crippen molar-refractivity contribution in [3.8, 4) is 0 Å². The number of ether oxygens (including phenoxy) is 1. The van der Waals surface area contributed by atoms with E-state index in [1.807, 2.05) is 32.7 Å². The number of halogens is 1. The molecule has 176 valence electrons. The Bertz CT molecular complexity index is 1240. The zero-order chi connectivity index (χ0) is 24.0. The molecular formula is C26H28FN5O2.